The lowest BCUT2D eigenvalue weighted by atomic mass is 9.99. The summed E-state index contributed by atoms with van der Waals surface area (Å²) in [5.41, 5.74) is 4.12. The minimum atomic E-state index is -0.0379. The van der Waals surface area contributed by atoms with Crippen molar-refractivity contribution in [1.29, 1.82) is 5.26 Å². The van der Waals surface area contributed by atoms with Gasteiger partial charge in [-0.15, -0.1) is 0 Å². The Balaban J connectivity index is 2.34. The first-order valence-electron chi connectivity index (χ1n) is 7.05. The average molecular weight is 323 g/mol. The van der Waals surface area contributed by atoms with E-state index in [4.69, 9.17) is 5.26 Å². The monoisotopic (exact) mass is 323 g/mol. The molecular weight excluding hydrogens is 306 g/mol. The molecule has 4 nitrogen and oxygen atoms in total. The third-order valence-electron chi connectivity index (χ3n) is 3.46. The predicted molar refractivity (Wildman–Crippen MR) is 95.1 cm³/mol. The van der Waals surface area contributed by atoms with Crippen LogP contribution in [0.2, 0.25) is 0 Å². The summed E-state index contributed by atoms with van der Waals surface area (Å²) in [5.74, 6) is -0.0379. The fourth-order valence-corrected chi connectivity index (χ4v) is 2.40. The van der Waals surface area contributed by atoms with Crippen LogP contribution in [-0.2, 0) is 0 Å². The first-order chi connectivity index (χ1) is 11.0. The molecule has 23 heavy (non-hydrogen) atoms. The van der Waals surface area contributed by atoms with Crippen LogP contribution in [0.3, 0.4) is 0 Å². The van der Waals surface area contributed by atoms with E-state index >= 15 is 0 Å². The Morgan fingerprint density at radius 2 is 1.87 bits per heavy atom. The zero-order valence-corrected chi connectivity index (χ0v) is 14.1. The van der Waals surface area contributed by atoms with Crippen molar-refractivity contribution in [2.24, 2.45) is 4.99 Å². The molecule has 0 unspecified atom stereocenters. The van der Waals surface area contributed by atoms with Crippen molar-refractivity contribution < 1.29 is 4.79 Å². The van der Waals surface area contributed by atoms with Gasteiger partial charge in [0.1, 0.15) is 0 Å². The molecule has 2 aromatic carbocycles. The van der Waals surface area contributed by atoms with Crippen molar-refractivity contribution in [3.8, 4) is 6.19 Å². The molecule has 0 spiro atoms. The van der Waals surface area contributed by atoms with E-state index in [1.165, 1.54) is 11.8 Å². The number of aryl methyl sites for hydroxylation is 2. The maximum atomic E-state index is 12.6. The van der Waals surface area contributed by atoms with Crippen molar-refractivity contribution in [2.45, 2.75) is 13.8 Å². The summed E-state index contributed by atoms with van der Waals surface area (Å²) in [4.78, 5) is 17.0. The number of carbonyl (C=O) groups excluding carboxylic acids is 1. The van der Waals surface area contributed by atoms with E-state index in [0.717, 1.165) is 11.1 Å². The summed E-state index contributed by atoms with van der Waals surface area (Å²) < 4.78 is 0. The highest BCUT2D eigenvalue weighted by atomic mass is 32.2. The lowest BCUT2D eigenvalue weighted by molar-refractivity contribution is 0.103. The predicted octanol–water partition coefficient (Wildman–Crippen LogP) is 3.96. The standard InChI is InChI=1S/C18H17N3OS/c1-12-7-8-15(9-13(12)2)17(22)14-5-4-6-16(10-14)21-18(23-3)20-11-19/h4-10H,1-3H3,(H,20,21). The number of nitriles is 1. The summed E-state index contributed by atoms with van der Waals surface area (Å²) in [6.07, 6.45) is 3.67. The number of aliphatic imine (C=N–C) groups is 1. The fraction of sp³-hybridized carbons (Fsp3) is 0.167. The molecule has 2 aromatic rings. The summed E-state index contributed by atoms with van der Waals surface area (Å²) in [6, 6.07) is 12.8. The van der Waals surface area contributed by atoms with Crippen molar-refractivity contribution in [1.82, 2.24) is 5.32 Å². The fourth-order valence-electron chi connectivity index (χ4n) is 2.06. The Morgan fingerprint density at radius 1 is 1.13 bits per heavy atom. The highest BCUT2D eigenvalue weighted by Crippen LogP contribution is 2.20. The van der Waals surface area contributed by atoms with Crippen LogP contribution >= 0.6 is 11.8 Å². The SMILES string of the molecule is CSC(=Nc1cccc(C(=O)c2ccc(C)c(C)c2)c1)NC#N. The minimum Gasteiger partial charge on any atom is -0.289 e. The van der Waals surface area contributed by atoms with E-state index in [-0.39, 0.29) is 5.78 Å². The second-order valence-corrected chi connectivity index (χ2v) is 5.83. The summed E-state index contributed by atoms with van der Waals surface area (Å²) in [7, 11) is 0. The molecule has 0 bridgehead atoms. The van der Waals surface area contributed by atoms with Gasteiger partial charge in [0.15, 0.2) is 17.1 Å². The molecule has 0 aliphatic rings. The van der Waals surface area contributed by atoms with Gasteiger partial charge in [-0.25, -0.2) is 4.99 Å². The second-order valence-electron chi connectivity index (χ2n) is 5.04. The number of ketones is 1. The molecule has 0 aliphatic heterocycles. The van der Waals surface area contributed by atoms with Crippen LogP contribution in [0.1, 0.15) is 27.0 Å². The highest BCUT2D eigenvalue weighted by Gasteiger charge is 2.10. The number of benzene rings is 2. The molecule has 0 saturated carbocycles. The van der Waals surface area contributed by atoms with Gasteiger partial charge in [0.05, 0.1) is 5.69 Å². The van der Waals surface area contributed by atoms with E-state index < -0.39 is 0 Å². The summed E-state index contributed by atoms with van der Waals surface area (Å²) in [5, 5.41) is 11.7. The Kier molecular flexibility index (Phi) is 5.56. The van der Waals surface area contributed by atoms with E-state index in [1.807, 2.05) is 44.5 Å². The number of carbonyl (C=O) groups is 1. The quantitative estimate of drug-likeness (QED) is 0.305. The van der Waals surface area contributed by atoms with Crippen molar-refractivity contribution in [3.05, 3.63) is 64.7 Å². The largest absolute Gasteiger partial charge is 0.289 e. The molecule has 1 N–H and O–H groups in total. The number of nitrogens with one attached hydrogen (secondary N) is 1. The normalized spacial score (nSPS) is 11.0. The van der Waals surface area contributed by atoms with Crippen molar-refractivity contribution >= 4 is 28.4 Å². The Morgan fingerprint density at radius 3 is 2.52 bits per heavy atom. The molecule has 0 fully saturated rings. The zero-order chi connectivity index (χ0) is 16.8. The van der Waals surface area contributed by atoms with Crippen LogP contribution < -0.4 is 5.32 Å². The first-order valence-corrected chi connectivity index (χ1v) is 8.27. The number of hydrogen-bond acceptors (Lipinski definition) is 4. The second kappa shape index (κ2) is 7.61. The number of hydrogen-bond donors (Lipinski definition) is 1. The highest BCUT2D eigenvalue weighted by molar-refractivity contribution is 8.13. The molecule has 0 aliphatic carbocycles. The van der Waals surface area contributed by atoms with Crippen LogP contribution in [0.15, 0.2) is 47.5 Å². The molecule has 0 saturated heterocycles. The van der Waals surface area contributed by atoms with Crippen LogP contribution in [0.25, 0.3) is 0 Å². The van der Waals surface area contributed by atoms with Crippen molar-refractivity contribution in [3.63, 3.8) is 0 Å². The third kappa shape index (κ3) is 4.21. The molecule has 2 rings (SSSR count). The first kappa shape index (κ1) is 16.8. The van der Waals surface area contributed by atoms with Crippen LogP contribution in [0, 0.1) is 25.3 Å². The number of thioether (sulfide) groups is 1. The van der Waals surface area contributed by atoms with Crippen LogP contribution in [0.4, 0.5) is 5.69 Å². The summed E-state index contributed by atoms with van der Waals surface area (Å²) >= 11 is 1.33. The van der Waals surface area contributed by atoms with Crippen LogP contribution in [0.5, 0.6) is 0 Å². The summed E-state index contributed by atoms with van der Waals surface area (Å²) in [6.45, 7) is 4.01. The smallest absolute Gasteiger partial charge is 0.193 e. The average Bonchev–Trinajstić information content (AvgIpc) is 2.56. The van der Waals surface area contributed by atoms with Gasteiger partial charge in [0.2, 0.25) is 0 Å². The van der Waals surface area contributed by atoms with E-state index in [0.29, 0.717) is 22.0 Å². The Bertz CT molecular complexity index is 806. The van der Waals surface area contributed by atoms with Gasteiger partial charge < -0.3 is 0 Å². The maximum absolute atomic E-state index is 12.6. The van der Waals surface area contributed by atoms with E-state index in [2.05, 4.69) is 10.3 Å². The van der Waals surface area contributed by atoms with Gasteiger partial charge in [-0.05, 0) is 49.4 Å². The van der Waals surface area contributed by atoms with Gasteiger partial charge in [-0.2, -0.15) is 5.26 Å². The van der Waals surface area contributed by atoms with Crippen molar-refractivity contribution in [2.75, 3.05) is 6.26 Å². The van der Waals surface area contributed by atoms with E-state index in [1.54, 1.807) is 24.3 Å². The van der Waals surface area contributed by atoms with Gasteiger partial charge in [0.25, 0.3) is 0 Å². The topological polar surface area (TPSA) is 65.2 Å². The molecule has 116 valence electrons. The molecular formula is C18H17N3OS. The maximum Gasteiger partial charge on any atom is 0.193 e. The Labute approximate surface area is 140 Å². The molecule has 5 heteroatoms. The van der Waals surface area contributed by atoms with Gasteiger partial charge in [-0.1, -0.05) is 36.0 Å². The number of amidine groups is 1. The van der Waals surface area contributed by atoms with Crippen LogP contribution in [-0.4, -0.2) is 17.2 Å². The lowest BCUT2D eigenvalue weighted by Gasteiger charge is -2.06. The minimum absolute atomic E-state index is 0.0379. The lowest BCUT2D eigenvalue weighted by Crippen LogP contribution is -2.12. The Hall–Kier alpha value is -2.58. The molecule has 0 atom stereocenters. The van der Waals surface area contributed by atoms with E-state index in [9.17, 15) is 4.79 Å². The molecule has 0 aromatic heterocycles. The molecule has 0 radical (unpaired) electrons. The van der Waals surface area contributed by atoms with Gasteiger partial charge in [0, 0.05) is 11.1 Å². The molecule has 0 amide bonds. The zero-order valence-electron chi connectivity index (χ0n) is 13.3. The third-order valence-corrected chi connectivity index (χ3v) is 4.04. The number of rotatable bonds is 3. The van der Waals surface area contributed by atoms with Gasteiger partial charge in [-0.3, -0.25) is 10.1 Å². The van der Waals surface area contributed by atoms with Gasteiger partial charge >= 0.3 is 0 Å². The number of nitrogens with zero attached hydrogens (tertiary/aromatic N) is 2. The molecule has 0 heterocycles.